The van der Waals surface area contributed by atoms with E-state index in [-0.39, 0.29) is 18.4 Å². The number of nitrogens with zero attached hydrogens (tertiary/aromatic N) is 3. The molecule has 0 aliphatic carbocycles. The summed E-state index contributed by atoms with van der Waals surface area (Å²) in [5.74, 6) is 0.187. The number of ether oxygens (including phenoxy) is 1. The first-order valence-electron chi connectivity index (χ1n) is 9.07. The number of hydrogen-bond donors (Lipinski definition) is 1. The summed E-state index contributed by atoms with van der Waals surface area (Å²) >= 11 is 0. The molecule has 144 valence electrons. The summed E-state index contributed by atoms with van der Waals surface area (Å²) in [4.78, 5) is 26.6. The summed E-state index contributed by atoms with van der Waals surface area (Å²) in [5, 5.41) is 4.40. The van der Waals surface area contributed by atoms with Crippen molar-refractivity contribution in [3.63, 3.8) is 0 Å². The summed E-state index contributed by atoms with van der Waals surface area (Å²) in [6, 6.07) is 7.75. The van der Waals surface area contributed by atoms with Gasteiger partial charge in [0.15, 0.2) is 0 Å². The first-order chi connectivity index (χ1) is 12.7. The highest BCUT2D eigenvalue weighted by Gasteiger charge is 2.30. The molecule has 7 heteroatoms. The average molecular weight is 370 g/mol. The van der Waals surface area contributed by atoms with Crippen LogP contribution in [0.5, 0.6) is 0 Å². The van der Waals surface area contributed by atoms with E-state index in [1.165, 1.54) is 4.68 Å². The fraction of sp³-hybridized carbons (Fsp3) is 0.450. The molecule has 27 heavy (non-hydrogen) atoms. The number of aromatic nitrogens is 2. The van der Waals surface area contributed by atoms with E-state index >= 15 is 0 Å². The standard InChI is InChI=1S/C20H26N4O3/c1-13-7-5-6-8-14(13)11-17(25)24-18(21)15-9-10-23(12-16(15)22-24)19(26)27-20(2,3)4/h5-8H,9-12,21H2,1-4H3. The minimum atomic E-state index is -0.556. The van der Waals surface area contributed by atoms with Gasteiger partial charge in [0.05, 0.1) is 18.7 Å². The number of benzene rings is 1. The predicted molar refractivity (Wildman–Crippen MR) is 102 cm³/mol. The van der Waals surface area contributed by atoms with E-state index < -0.39 is 5.60 Å². The van der Waals surface area contributed by atoms with Crippen LogP contribution in [-0.2, 0) is 24.1 Å². The smallest absolute Gasteiger partial charge is 0.410 e. The van der Waals surface area contributed by atoms with Crippen LogP contribution in [0.3, 0.4) is 0 Å². The van der Waals surface area contributed by atoms with Gasteiger partial charge in [-0.15, -0.1) is 0 Å². The van der Waals surface area contributed by atoms with Crippen LogP contribution in [0, 0.1) is 6.92 Å². The van der Waals surface area contributed by atoms with Gasteiger partial charge in [-0.05, 0) is 45.2 Å². The predicted octanol–water partition coefficient (Wildman–Crippen LogP) is 2.95. The number of nitrogens with two attached hydrogens (primary N) is 1. The van der Waals surface area contributed by atoms with Gasteiger partial charge in [-0.25, -0.2) is 4.79 Å². The highest BCUT2D eigenvalue weighted by Crippen LogP contribution is 2.25. The van der Waals surface area contributed by atoms with Crippen LogP contribution >= 0.6 is 0 Å². The van der Waals surface area contributed by atoms with Crippen LogP contribution in [0.25, 0.3) is 0 Å². The van der Waals surface area contributed by atoms with Crippen molar-refractivity contribution in [2.24, 2.45) is 0 Å². The summed E-state index contributed by atoms with van der Waals surface area (Å²) < 4.78 is 6.70. The average Bonchev–Trinajstić information content (AvgIpc) is 2.92. The van der Waals surface area contributed by atoms with Crippen LogP contribution in [-0.4, -0.2) is 38.8 Å². The number of nitrogen functional groups attached to an aromatic ring is 1. The first-order valence-corrected chi connectivity index (χ1v) is 9.07. The van der Waals surface area contributed by atoms with E-state index in [4.69, 9.17) is 10.5 Å². The van der Waals surface area contributed by atoms with Gasteiger partial charge >= 0.3 is 6.09 Å². The molecule has 2 N–H and O–H groups in total. The second-order valence-electron chi connectivity index (χ2n) is 7.87. The lowest BCUT2D eigenvalue weighted by atomic mass is 10.1. The van der Waals surface area contributed by atoms with E-state index in [0.29, 0.717) is 31.0 Å². The van der Waals surface area contributed by atoms with Crippen molar-refractivity contribution in [3.05, 3.63) is 46.6 Å². The zero-order valence-electron chi connectivity index (χ0n) is 16.3. The summed E-state index contributed by atoms with van der Waals surface area (Å²) in [6.07, 6.45) is 0.401. The third-order valence-corrected chi connectivity index (χ3v) is 4.57. The monoisotopic (exact) mass is 370 g/mol. The van der Waals surface area contributed by atoms with Crippen molar-refractivity contribution >= 4 is 17.8 Å². The minimum absolute atomic E-state index is 0.181. The normalized spacial score (nSPS) is 14.0. The molecule has 0 bridgehead atoms. The van der Waals surface area contributed by atoms with Crippen LogP contribution < -0.4 is 5.73 Å². The number of rotatable bonds is 2. The Hall–Kier alpha value is -2.83. The molecule has 1 aliphatic rings. The fourth-order valence-corrected chi connectivity index (χ4v) is 3.14. The maximum absolute atomic E-state index is 12.7. The molecule has 0 spiro atoms. The highest BCUT2D eigenvalue weighted by molar-refractivity contribution is 5.84. The molecule has 0 radical (unpaired) electrons. The molecular formula is C20H26N4O3. The van der Waals surface area contributed by atoms with E-state index in [1.54, 1.807) is 4.90 Å². The van der Waals surface area contributed by atoms with Gasteiger partial charge in [0, 0.05) is 12.1 Å². The van der Waals surface area contributed by atoms with E-state index in [2.05, 4.69) is 5.10 Å². The van der Waals surface area contributed by atoms with Crippen molar-refractivity contribution in [2.75, 3.05) is 12.3 Å². The molecule has 7 nitrogen and oxygen atoms in total. The molecule has 0 unspecified atom stereocenters. The van der Waals surface area contributed by atoms with Gasteiger partial charge in [0.25, 0.3) is 5.91 Å². The molecule has 0 saturated heterocycles. The van der Waals surface area contributed by atoms with Gasteiger partial charge < -0.3 is 15.4 Å². The largest absolute Gasteiger partial charge is 0.444 e. The summed E-state index contributed by atoms with van der Waals surface area (Å²) in [7, 11) is 0. The number of aryl methyl sites for hydroxylation is 1. The van der Waals surface area contributed by atoms with Crippen LogP contribution in [0.2, 0.25) is 0 Å². The third-order valence-electron chi connectivity index (χ3n) is 4.57. The second kappa shape index (κ2) is 7.06. The lowest BCUT2D eigenvalue weighted by Gasteiger charge is -2.29. The van der Waals surface area contributed by atoms with Gasteiger partial charge in [0.2, 0.25) is 0 Å². The maximum Gasteiger partial charge on any atom is 0.410 e. The number of fused-ring (bicyclic) bond motifs is 1. The number of carbonyl (C=O) groups is 2. The van der Waals surface area contributed by atoms with Crippen molar-refractivity contribution in [1.82, 2.24) is 14.7 Å². The van der Waals surface area contributed by atoms with Crippen LogP contribution in [0.15, 0.2) is 24.3 Å². The Morgan fingerprint density at radius 3 is 2.63 bits per heavy atom. The van der Waals surface area contributed by atoms with Gasteiger partial charge in [-0.1, -0.05) is 24.3 Å². The van der Waals surface area contributed by atoms with E-state index in [0.717, 1.165) is 16.7 Å². The van der Waals surface area contributed by atoms with Crippen LogP contribution in [0.1, 0.15) is 48.0 Å². The third kappa shape index (κ3) is 4.13. The summed E-state index contributed by atoms with van der Waals surface area (Å²) in [6.45, 7) is 8.24. The molecule has 0 fully saturated rings. The van der Waals surface area contributed by atoms with E-state index in [1.807, 2.05) is 52.0 Å². The quantitative estimate of drug-likeness (QED) is 0.878. The highest BCUT2D eigenvalue weighted by atomic mass is 16.6. The van der Waals surface area contributed by atoms with E-state index in [9.17, 15) is 9.59 Å². The molecule has 1 amide bonds. The minimum Gasteiger partial charge on any atom is -0.444 e. The van der Waals surface area contributed by atoms with Gasteiger partial charge in [-0.3, -0.25) is 4.79 Å². The lowest BCUT2D eigenvalue weighted by molar-refractivity contribution is 0.0221. The van der Waals surface area contributed by atoms with Crippen molar-refractivity contribution in [2.45, 2.75) is 52.7 Å². The second-order valence-corrected chi connectivity index (χ2v) is 7.87. The topological polar surface area (TPSA) is 90.5 Å². The van der Waals surface area contributed by atoms with Gasteiger partial charge in [-0.2, -0.15) is 9.78 Å². The zero-order chi connectivity index (χ0) is 19.8. The molecule has 2 aromatic rings. The molecule has 1 aromatic heterocycles. The first kappa shape index (κ1) is 18.9. The SMILES string of the molecule is Cc1ccccc1CC(=O)n1nc2c(c1N)CCN(C(=O)OC(C)(C)C)C2. The number of hydrogen-bond acceptors (Lipinski definition) is 5. The molecular weight excluding hydrogens is 344 g/mol. The Kier molecular flexibility index (Phi) is 4.95. The molecule has 1 aliphatic heterocycles. The molecule has 1 aromatic carbocycles. The Morgan fingerprint density at radius 1 is 1.26 bits per heavy atom. The Bertz CT molecular complexity index is 880. The number of carbonyl (C=O) groups excluding carboxylic acids is 2. The Morgan fingerprint density at radius 2 is 1.96 bits per heavy atom. The number of anilines is 1. The van der Waals surface area contributed by atoms with Crippen molar-refractivity contribution in [3.8, 4) is 0 Å². The van der Waals surface area contributed by atoms with Crippen molar-refractivity contribution < 1.29 is 14.3 Å². The molecule has 2 heterocycles. The van der Waals surface area contributed by atoms with Gasteiger partial charge in [0.1, 0.15) is 11.4 Å². The summed E-state index contributed by atoms with van der Waals surface area (Å²) in [5.41, 5.74) is 9.13. The molecule has 3 rings (SSSR count). The Balaban J connectivity index is 1.77. The maximum atomic E-state index is 12.7. The number of amides is 1. The molecule has 0 atom stereocenters. The van der Waals surface area contributed by atoms with Crippen molar-refractivity contribution in [1.29, 1.82) is 0 Å². The fourth-order valence-electron chi connectivity index (χ4n) is 3.14. The zero-order valence-corrected chi connectivity index (χ0v) is 16.3. The lowest BCUT2D eigenvalue weighted by Crippen LogP contribution is -2.39. The molecule has 0 saturated carbocycles. The Labute approximate surface area is 159 Å². The van der Waals surface area contributed by atoms with Crippen LogP contribution in [0.4, 0.5) is 10.6 Å².